The highest BCUT2D eigenvalue weighted by Gasteiger charge is 2.35. The number of aryl methyl sites for hydroxylation is 1. The van der Waals surface area contributed by atoms with Crippen molar-refractivity contribution in [3.05, 3.63) is 29.3 Å². The molecule has 1 amide bonds. The van der Waals surface area contributed by atoms with Crippen molar-refractivity contribution in [1.82, 2.24) is 9.80 Å². The van der Waals surface area contributed by atoms with E-state index in [1.807, 2.05) is 17.0 Å². The summed E-state index contributed by atoms with van der Waals surface area (Å²) in [6.07, 6.45) is 0.299. The molecule has 0 aromatic heterocycles. The van der Waals surface area contributed by atoms with Crippen molar-refractivity contribution in [1.29, 1.82) is 0 Å². The highest BCUT2D eigenvalue weighted by atomic mass is 16.5. The summed E-state index contributed by atoms with van der Waals surface area (Å²) in [6, 6.07) is 6.24. The molecule has 3 rings (SSSR count). The standard InChI is InChI=1S/C19H28N2O4/c1-14-5-4-6-17-16(14)11-18(25-17)19(22)21-9-7-20(8-10-21)15(12-23-2)13-24-3/h4-6,15,18H,7-13H2,1-3H3. The topological polar surface area (TPSA) is 51.2 Å². The number of benzene rings is 1. The molecule has 0 spiro atoms. The molecular formula is C19H28N2O4. The first kappa shape index (κ1) is 18.2. The van der Waals surface area contributed by atoms with Crippen LogP contribution < -0.4 is 4.74 Å². The third-order valence-electron chi connectivity index (χ3n) is 5.16. The number of carbonyl (C=O) groups is 1. The number of ether oxygens (including phenoxy) is 3. The summed E-state index contributed by atoms with van der Waals surface area (Å²) >= 11 is 0. The zero-order valence-corrected chi connectivity index (χ0v) is 15.4. The number of hydrogen-bond acceptors (Lipinski definition) is 5. The van der Waals surface area contributed by atoms with Crippen LogP contribution in [0.1, 0.15) is 11.1 Å². The van der Waals surface area contributed by atoms with Crippen molar-refractivity contribution in [3.8, 4) is 5.75 Å². The van der Waals surface area contributed by atoms with E-state index in [1.54, 1.807) is 14.2 Å². The van der Waals surface area contributed by atoms with Crippen LogP contribution in [0.15, 0.2) is 18.2 Å². The van der Waals surface area contributed by atoms with Crippen molar-refractivity contribution in [2.45, 2.75) is 25.5 Å². The highest BCUT2D eigenvalue weighted by molar-refractivity contribution is 5.83. The number of carbonyl (C=O) groups excluding carboxylic acids is 1. The van der Waals surface area contributed by atoms with Crippen LogP contribution in [0, 0.1) is 6.92 Å². The number of nitrogens with zero attached hydrogens (tertiary/aromatic N) is 2. The van der Waals surface area contributed by atoms with E-state index in [1.165, 1.54) is 11.1 Å². The minimum absolute atomic E-state index is 0.102. The Hall–Kier alpha value is -1.63. The molecular weight excluding hydrogens is 320 g/mol. The maximum absolute atomic E-state index is 12.8. The molecule has 2 aliphatic heterocycles. The fraction of sp³-hybridized carbons (Fsp3) is 0.632. The summed E-state index contributed by atoms with van der Waals surface area (Å²) in [5.74, 6) is 0.961. The van der Waals surface area contributed by atoms with E-state index >= 15 is 0 Å². The first-order valence-electron chi connectivity index (χ1n) is 8.90. The second-order valence-corrected chi connectivity index (χ2v) is 6.79. The van der Waals surface area contributed by atoms with E-state index in [9.17, 15) is 4.79 Å². The smallest absolute Gasteiger partial charge is 0.264 e. The van der Waals surface area contributed by atoms with Gasteiger partial charge in [0.2, 0.25) is 0 Å². The maximum Gasteiger partial charge on any atom is 0.264 e. The first-order chi connectivity index (χ1) is 12.1. The van der Waals surface area contributed by atoms with Gasteiger partial charge in [-0.25, -0.2) is 0 Å². The molecule has 25 heavy (non-hydrogen) atoms. The summed E-state index contributed by atoms with van der Waals surface area (Å²) in [5.41, 5.74) is 2.36. The maximum atomic E-state index is 12.8. The largest absolute Gasteiger partial charge is 0.480 e. The lowest BCUT2D eigenvalue weighted by Crippen LogP contribution is -2.56. The molecule has 138 valence electrons. The van der Waals surface area contributed by atoms with Gasteiger partial charge in [-0.3, -0.25) is 9.69 Å². The van der Waals surface area contributed by atoms with Crippen molar-refractivity contribution in [3.63, 3.8) is 0 Å². The lowest BCUT2D eigenvalue weighted by Gasteiger charge is -2.39. The van der Waals surface area contributed by atoms with E-state index < -0.39 is 0 Å². The van der Waals surface area contributed by atoms with Crippen LogP contribution >= 0.6 is 0 Å². The molecule has 0 saturated carbocycles. The van der Waals surface area contributed by atoms with Crippen LogP contribution in [0.25, 0.3) is 0 Å². The van der Waals surface area contributed by atoms with Crippen LogP contribution in [0.4, 0.5) is 0 Å². The van der Waals surface area contributed by atoms with Gasteiger partial charge in [-0.2, -0.15) is 0 Å². The Morgan fingerprint density at radius 2 is 1.88 bits per heavy atom. The van der Waals surface area contributed by atoms with E-state index in [-0.39, 0.29) is 18.1 Å². The molecule has 2 heterocycles. The summed E-state index contributed by atoms with van der Waals surface area (Å²) in [5, 5.41) is 0. The lowest BCUT2D eigenvalue weighted by molar-refractivity contribution is -0.140. The summed E-state index contributed by atoms with van der Waals surface area (Å²) in [7, 11) is 3.42. The van der Waals surface area contributed by atoms with E-state index in [0.717, 1.165) is 31.9 Å². The molecule has 0 radical (unpaired) electrons. The number of amides is 1. The number of fused-ring (bicyclic) bond motifs is 1. The van der Waals surface area contributed by atoms with Gasteiger partial charge in [-0.1, -0.05) is 12.1 Å². The molecule has 1 aromatic carbocycles. The summed E-state index contributed by atoms with van der Waals surface area (Å²) in [6.45, 7) is 6.46. The van der Waals surface area contributed by atoms with Gasteiger partial charge in [0.05, 0.1) is 19.3 Å². The molecule has 6 nitrogen and oxygen atoms in total. The Kier molecular flexibility index (Phi) is 5.93. The van der Waals surface area contributed by atoms with Gasteiger partial charge in [0.25, 0.3) is 5.91 Å². The average Bonchev–Trinajstić information content (AvgIpc) is 3.07. The van der Waals surface area contributed by atoms with Crippen LogP contribution in [0.3, 0.4) is 0 Å². The SMILES string of the molecule is COCC(COC)N1CCN(C(=O)C2Cc3c(C)cccc3O2)CC1. The van der Waals surface area contributed by atoms with Gasteiger partial charge >= 0.3 is 0 Å². The quantitative estimate of drug-likeness (QED) is 0.771. The van der Waals surface area contributed by atoms with Crippen LogP contribution in [0.2, 0.25) is 0 Å². The summed E-state index contributed by atoms with van der Waals surface area (Å²) < 4.78 is 16.5. The first-order valence-corrected chi connectivity index (χ1v) is 8.90. The molecule has 6 heteroatoms. The number of hydrogen-bond donors (Lipinski definition) is 0. The fourth-order valence-corrected chi connectivity index (χ4v) is 3.72. The second kappa shape index (κ2) is 8.17. The molecule has 0 aliphatic carbocycles. The predicted octanol–water partition coefficient (Wildman–Crippen LogP) is 1.10. The van der Waals surface area contributed by atoms with E-state index in [2.05, 4.69) is 17.9 Å². The normalized spacial score (nSPS) is 20.6. The Bertz CT molecular complexity index is 593. The molecule has 1 aromatic rings. The lowest BCUT2D eigenvalue weighted by atomic mass is 10.0. The van der Waals surface area contributed by atoms with Crippen molar-refractivity contribution < 1.29 is 19.0 Å². The molecule has 1 atom stereocenters. The van der Waals surface area contributed by atoms with Crippen molar-refractivity contribution in [2.24, 2.45) is 0 Å². The zero-order chi connectivity index (χ0) is 17.8. The van der Waals surface area contributed by atoms with E-state index in [4.69, 9.17) is 14.2 Å². The van der Waals surface area contributed by atoms with Crippen molar-refractivity contribution in [2.75, 3.05) is 53.6 Å². The Morgan fingerprint density at radius 3 is 2.48 bits per heavy atom. The van der Waals surface area contributed by atoms with Crippen LogP contribution in [-0.4, -0.2) is 81.5 Å². The molecule has 0 N–H and O–H groups in total. The highest BCUT2D eigenvalue weighted by Crippen LogP contribution is 2.31. The summed E-state index contributed by atoms with van der Waals surface area (Å²) in [4.78, 5) is 17.1. The van der Waals surface area contributed by atoms with Crippen LogP contribution in [-0.2, 0) is 20.7 Å². The monoisotopic (exact) mass is 348 g/mol. The average molecular weight is 348 g/mol. The molecule has 1 saturated heterocycles. The second-order valence-electron chi connectivity index (χ2n) is 6.79. The van der Waals surface area contributed by atoms with Crippen LogP contribution in [0.5, 0.6) is 5.75 Å². The Labute approximate surface area is 149 Å². The molecule has 1 fully saturated rings. The Balaban J connectivity index is 1.55. The third kappa shape index (κ3) is 3.97. The molecule has 0 bridgehead atoms. The van der Waals surface area contributed by atoms with Gasteiger partial charge in [0.15, 0.2) is 6.10 Å². The van der Waals surface area contributed by atoms with Gasteiger partial charge in [-0.15, -0.1) is 0 Å². The minimum atomic E-state index is -0.378. The van der Waals surface area contributed by atoms with Gasteiger partial charge < -0.3 is 19.1 Å². The Morgan fingerprint density at radius 1 is 1.20 bits per heavy atom. The minimum Gasteiger partial charge on any atom is -0.480 e. The van der Waals surface area contributed by atoms with Gasteiger partial charge in [0, 0.05) is 52.4 Å². The third-order valence-corrected chi connectivity index (χ3v) is 5.16. The molecule has 2 aliphatic rings. The fourth-order valence-electron chi connectivity index (χ4n) is 3.72. The number of rotatable bonds is 6. The molecule has 1 unspecified atom stereocenters. The number of piperazine rings is 1. The number of methoxy groups -OCH3 is 2. The zero-order valence-electron chi connectivity index (χ0n) is 15.4. The van der Waals surface area contributed by atoms with Gasteiger partial charge in [-0.05, 0) is 18.6 Å². The van der Waals surface area contributed by atoms with Crippen molar-refractivity contribution >= 4 is 5.91 Å². The van der Waals surface area contributed by atoms with Gasteiger partial charge in [0.1, 0.15) is 5.75 Å². The van der Waals surface area contributed by atoms with E-state index in [0.29, 0.717) is 19.6 Å². The predicted molar refractivity (Wildman–Crippen MR) is 95.0 cm³/mol.